The summed E-state index contributed by atoms with van der Waals surface area (Å²) < 4.78 is 1.82. The molecule has 0 atom stereocenters. The van der Waals surface area contributed by atoms with E-state index in [1.165, 1.54) is 0 Å². The van der Waals surface area contributed by atoms with Crippen LogP contribution in [0.15, 0.2) is 29.2 Å². The first-order valence-corrected chi connectivity index (χ1v) is 4.64. The molecule has 2 aromatic rings. The highest BCUT2D eigenvalue weighted by atomic mass is 16.1. The van der Waals surface area contributed by atoms with E-state index in [0.29, 0.717) is 5.39 Å². The third-order valence-corrected chi connectivity index (χ3v) is 2.52. The van der Waals surface area contributed by atoms with Crippen molar-refractivity contribution in [2.24, 2.45) is 7.05 Å². The summed E-state index contributed by atoms with van der Waals surface area (Å²) in [6, 6.07) is 7.46. The van der Waals surface area contributed by atoms with Crippen molar-refractivity contribution in [3.63, 3.8) is 0 Å². The van der Waals surface area contributed by atoms with Crippen molar-refractivity contribution in [3.8, 4) is 6.07 Å². The molecule has 3 nitrogen and oxygen atoms in total. The molecular formula is C12H10N2O. The Kier molecular flexibility index (Phi) is 2.05. The van der Waals surface area contributed by atoms with E-state index in [1.807, 2.05) is 36.7 Å². The van der Waals surface area contributed by atoms with Gasteiger partial charge in [0.05, 0.1) is 5.52 Å². The van der Waals surface area contributed by atoms with Gasteiger partial charge in [-0.2, -0.15) is 5.26 Å². The molecule has 0 saturated carbocycles. The molecule has 1 heterocycles. The zero-order valence-corrected chi connectivity index (χ0v) is 8.61. The molecule has 0 N–H and O–H groups in total. The Labute approximate surface area is 87.2 Å². The Hall–Kier alpha value is -2.08. The van der Waals surface area contributed by atoms with Gasteiger partial charge in [0, 0.05) is 18.6 Å². The molecule has 0 radical (unpaired) electrons. The molecule has 0 unspecified atom stereocenters. The van der Waals surface area contributed by atoms with Crippen LogP contribution in [0.25, 0.3) is 10.9 Å². The van der Waals surface area contributed by atoms with Gasteiger partial charge in [0.2, 0.25) is 5.43 Å². The number of aromatic nitrogens is 1. The van der Waals surface area contributed by atoms with Gasteiger partial charge in [-0.15, -0.1) is 0 Å². The summed E-state index contributed by atoms with van der Waals surface area (Å²) in [6.45, 7) is 1.95. The molecule has 0 aliphatic rings. The van der Waals surface area contributed by atoms with E-state index < -0.39 is 0 Å². The maximum atomic E-state index is 11.8. The molecule has 3 heteroatoms. The molecule has 1 aromatic heterocycles. The van der Waals surface area contributed by atoms with E-state index >= 15 is 0 Å². The normalized spacial score (nSPS) is 10.2. The largest absolute Gasteiger partial charge is 0.349 e. The van der Waals surface area contributed by atoms with Crippen molar-refractivity contribution >= 4 is 10.9 Å². The van der Waals surface area contributed by atoms with Crippen LogP contribution in [-0.2, 0) is 7.05 Å². The maximum absolute atomic E-state index is 11.8. The highest BCUT2D eigenvalue weighted by Crippen LogP contribution is 2.14. The quantitative estimate of drug-likeness (QED) is 0.647. The van der Waals surface area contributed by atoms with Gasteiger partial charge in [-0.25, -0.2) is 0 Å². The second kappa shape index (κ2) is 3.25. The van der Waals surface area contributed by atoms with E-state index in [4.69, 9.17) is 5.26 Å². The molecule has 0 saturated heterocycles. The Morgan fingerprint density at radius 3 is 2.80 bits per heavy atom. The van der Waals surface area contributed by atoms with Gasteiger partial charge in [0.1, 0.15) is 11.6 Å². The maximum Gasteiger partial charge on any atom is 0.207 e. The first-order chi connectivity index (χ1) is 7.15. The predicted octanol–water partition coefficient (Wildman–Crippen LogP) is 1.72. The Morgan fingerprint density at radius 2 is 2.13 bits per heavy atom. The van der Waals surface area contributed by atoms with Crippen LogP contribution in [0.5, 0.6) is 0 Å². The molecule has 0 spiro atoms. The Morgan fingerprint density at radius 1 is 1.40 bits per heavy atom. The van der Waals surface area contributed by atoms with Crippen molar-refractivity contribution in [1.82, 2.24) is 4.57 Å². The van der Waals surface area contributed by atoms with Crippen molar-refractivity contribution in [1.29, 1.82) is 5.26 Å². The number of fused-ring (bicyclic) bond motifs is 1. The average molecular weight is 198 g/mol. The van der Waals surface area contributed by atoms with Crippen molar-refractivity contribution < 1.29 is 0 Å². The third-order valence-electron chi connectivity index (χ3n) is 2.52. The minimum atomic E-state index is -0.186. The standard InChI is InChI=1S/C12H10N2O/c1-8-4-3-5-10-11(8)14(2)7-9(6-13)12(10)15/h3-5,7H,1-2H3. The number of para-hydroxylation sites is 1. The lowest BCUT2D eigenvalue weighted by molar-refractivity contribution is 0.941. The van der Waals surface area contributed by atoms with Crippen LogP contribution in [0.1, 0.15) is 11.1 Å². The van der Waals surface area contributed by atoms with Gasteiger partial charge in [0.15, 0.2) is 0 Å². The fraction of sp³-hybridized carbons (Fsp3) is 0.167. The summed E-state index contributed by atoms with van der Waals surface area (Å²) in [5.41, 5.74) is 1.93. The lowest BCUT2D eigenvalue weighted by atomic mass is 10.1. The van der Waals surface area contributed by atoms with Crippen LogP contribution in [0.4, 0.5) is 0 Å². The third kappa shape index (κ3) is 1.31. The number of nitrogens with zero attached hydrogens (tertiary/aromatic N) is 2. The summed E-state index contributed by atoms with van der Waals surface area (Å²) in [5.74, 6) is 0. The SMILES string of the molecule is Cc1cccc2c(=O)c(C#N)cn(C)c12. The van der Waals surface area contributed by atoms with Gasteiger partial charge in [0.25, 0.3) is 0 Å². The zero-order valence-electron chi connectivity index (χ0n) is 8.61. The average Bonchev–Trinajstić information content (AvgIpc) is 2.23. The highest BCUT2D eigenvalue weighted by Gasteiger charge is 2.07. The number of pyridine rings is 1. The molecule has 1 aromatic carbocycles. The van der Waals surface area contributed by atoms with E-state index in [0.717, 1.165) is 11.1 Å². The minimum Gasteiger partial charge on any atom is -0.349 e. The summed E-state index contributed by atoms with van der Waals surface area (Å²) in [7, 11) is 1.84. The second-order valence-corrected chi connectivity index (χ2v) is 3.57. The van der Waals surface area contributed by atoms with Crippen LogP contribution in [0.3, 0.4) is 0 Å². The van der Waals surface area contributed by atoms with Gasteiger partial charge in [-0.05, 0) is 18.6 Å². The molecular weight excluding hydrogens is 188 g/mol. The number of nitriles is 1. The Balaban J connectivity index is 3.09. The zero-order chi connectivity index (χ0) is 11.0. The fourth-order valence-corrected chi connectivity index (χ4v) is 1.85. The minimum absolute atomic E-state index is 0.186. The smallest absolute Gasteiger partial charge is 0.207 e. The van der Waals surface area contributed by atoms with Crippen LogP contribution in [0, 0.1) is 18.3 Å². The van der Waals surface area contributed by atoms with E-state index in [9.17, 15) is 4.79 Å². The molecule has 0 amide bonds. The summed E-state index contributed by atoms with van der Waals surface area (Å²) in [5, 5.41) is 9.42. The van der Waals surface area contributed by atoms with Gasteiger partial charge in [-0.3, -0.25) is 4.79 Å². The van der Waals surface area contributed by atoms with Crippen molar-refractivity contribution in [3.05, 3.63) is 45.7 Å². The van der Waals surface area contributed by atoms with Crippen molar-refractivity contribution in [2.75, 3.05) is 0 Å². The first kappa shape index (κ1) is 9.47. The summed E-state index contributed by atoms with van der Waals surface area (Å²) in [4.78, 5) is 11.8. The lowest BCUT2D eigenvalue weighted by Crippen LogP contribution is -2.11. The van der Waals surface area contributed by atoms with E-state index in [1.54, 1.807) is 12.3 Å². The molecule has 0 aliphatic heterocycles. The molecule has 2 rings (SSSR count). The number of hydrogen-bond donors (Lipinski definition) is 0. The molecule has 0 bridgehead atoms. The Bertz CT molecular complexity index is 632. The van der Waals surface area contributed by atoms with Crippen LogP contribution < -0.4 is 5.43 Å². The van der Waals surface area contributed by atoms with E-state index in [2.05, 4.69) is 0 Å². The molecule has 74 valence electrons. The van der Waals surface area contributed by atoms with Gasteiger partial charge >= 0.3 is 0 Å². The van der Waals surface area contributed by atoms with Gasteiger partial charge < -0.3 is 4.57 Å². The molecule has 0 fully saturated rings. The van der Waals surface area contributed by atoms with Crippen LogP contribution >= 0.6 is 0 Å². The topological polar surface area (TPSA) is 45.8 Å². The second-order valence-electron chi connectivity index (χ2n) is 3.57. The predicted molar refractivity (Wildman–Crippen MR) is 58.6 cm³/mol. The van der Waals surface area contributed by atoms with Crippen LogP contribution in [0.2, 0.25) is 0 Å². The highest BCUT2D eigenvalue weighted by molar-refractivity contribution is 5.83. The van der Waals surface area contributed by atoms with Gasteiger partial charge in [-0.1, -0.05) is 12.1 Å². The fourth-order valence-electron chi connectivity index (χ4n) is 1.85. The monoisotopic (exact) mass is 198 g/mol. The lowest BCUT2D eigenvalue weighted by Gasteiger charge is -2.07. The number of benzene rings is 1. The molecule has 15 heavy (non-hydrogen) atoms. The molecule has 0 aliphatic carbocycles. The first-order valence-electron chi connectivity index (χ1n) is 4.64. The van der Waals surface area contributed by atoms with Crippen LogP contribution in [-0.4, -0.2) is 4.57 Å². The number of aryl methyl sites for hydroxylation is 2. The summed E-state index contributed by atoms with van der Waals surface area (Å²) >= 11 is 0. The number of rotatable bonds is 0. The summed E-state index contributed by atoms with van der Waals surface area (Å²) in [6.07, 6.45) is 1.58. The number of hydrogen-bond acceptors (Lipinski definition) is 2. The van der Waals surface area contributed by atoms with Crippen molar-refractivity contribution in [2.45, 2.75) is 6.92 Å². The van der Waals surface area contributed by atoms with E-state index in [-0.39, 0.29) is 11.0 Å².